The smallest absolute Gasteiger partial charge is 0.196 e. The number of rotatable bonds is 3. The second kappa shape index (κ2) is 6.24. The van der Waals surface area contributed by atoms with Gasteiger partial charge in [-0.25, -0.2) is 0 Å². The Morgan fingerprint density at radius 2 is 2.00 bits per heavy atom. The lowest BCUT2D eigenvalue weighted by atomic mass is 10.3. The van der Waals surface area contributed by atoms with Gasteiger partial charge in [0.25, 0.3) is 0 Å². The van der Waals surface area contributed by atoms with Crippen molar-refractivity contribution in [2.75, 3.05) is 31.2 Å². The summed E-state index contributed by atoms with van der Waals surface area (Å²) in [6, 6.07) is 11.8. The molecule has 2 aromatic rings. The van der Waals surface area contributed by atoms with Gasteiger partial charge in [0.05, 0.1) is 25.1 Å². The summed E-state index contributed by atoms with van der Waals surface area (Å²) in [5.41, 5.74) is 0.892. The van der Waals surface area contributed by atoms with Crippen LogP contribution in [0.3, 0.4) is 0 Å². The van der Waals surface area contributed by atoms with E-state index in [-0.39, 0.29) is 0 Å². The van der Waals surface area contributed by atoms with Crippen LogP contribution in [-0.2, 0) is 4.74 Å². The van der Waals surface area contributed by atoms with Crippen LogP contribution in [-0.4, -0.2) is 32.5 Å². The first-order chi connectivity index (χ1) is 9.81. The highest BCUT2D eigenvalue weighted by Gasteiger charge is 2.13. The summed E-state index contributed by atoms with van der Waals surface area (Å²) in [4.78, 5) is 6.58. The molecule has 1 aromatic carbocycles. The molecule has 4 nitrogen and oxygen atoms in total. The number of hydrogen-bond acceptors (Lipinski definition) is 4. The van der Waals surface area contributed by atoms with Gasteiger partial charge in [0.2, 0.25) is 0 Å². The van der Waals surface area contributed by atoms with E-state index >= 15 is 0 Å². The summed E-state index contributed by atoms with van der Waals surface area (Å²) >= 11 is 3.43. The fourth-order valence-corrected chi connectivity index (χ4v) is 2.45. The molecule has 0 bridgehead atoms. The second-order valence-electron chi connectivity index (χ2n) is 4.51. The topological polar surface area (TPSA) is 38.0 Å². The lowest BCUT2D eigenvalue weighted by molar-refractivity contribution is 0.120. The molecular formula is C15H15BrN2O2. The molecule has 0 aliphatic carbocycles. The minimum absolute atomic E-state index is 0.752. The van der Waals surface area contributed by atoms with Crippen molar-refractivity contribution >= 4 is 33.7 Å². The minimum atomic E-state index is 0.752. The summed E-state index contributed by atoms with van der Waals surface area (Å²) < 4.78 is 12.1. The number of benzene rings is 1. The Labute approximate surface area is 126 Å². The van der Waals surface area contributed by atoms with Gasteiger partial charge in [-0.05, 0) is 24.3 Å². The number of nitrogens with zero attached hydrogens (tertiary/aromatic N) is 2. The fourth-order valence-electron chi connectivity index (χ4n) is 2.06. The van der Waals surface area contributed by atoms with E-state index in [1.165, 1.54) is 0 Å². The first-order valence-electron chi connectivity index (χ1n) is 6.53. The fraction of sp³-hybridized carbons (Fsp3) is 0.267. The van der Waals surface area contributed by atoms with E-state index in [4.69, 9.17) is 9.15 Å². The zero-order chi connectivity index (χ0) is 13.8. The van der Waals surface area contributed by atoms with Gasteiger partial charge in [-0.3, -0.25) is 4.99 Å². The van der Waals surface area contributed by atoms with Crippen molar-refractivity contribution in [1.82, 2.24) is 0 Å². The molecule has 20 heavy (non-hydrogen) atoms. The van der Waals surface area contributed by atoms with Crippen LogP contribution < -0.4 is 4.90 Å². The van der Waals surface area contributed by atoms with Gasteiger partial charge in [-0.2, -0.15) is 0 Å². The number of aliphatic imine (C=N–C) groups is 1. The summed E-state index contributed by atoms with van der Waals surface area (Å²) in [6.45, 7) is 3.25. The number of anilines is 1. The highest BCUT2D eigenvalue weighted by Crippen LogP contribution is 2.21. The zero-order valence-electron chi connectivity index (χ0n) is 11.0. The summed E-state index contributed by atoms with van der Waals surface area (Å²) in [6.07, 6.45) is 1.74. The van der Waals surface area contributed by atoms with Gasteiger partial charge in [0, 0.05) is 23.6 Å². The normalized spacial score (nSPS) is 15.9. The number of ether oxygens (including phenoxy) is 1. The molecule has 0 amide bonds. The van der Waals surface area contributed by atoms with E-state index in [9.17, 15) is 0 Å². The van der Waals surface area contributed by atoms with Crippen molar-refractivity contribution in [1.29, 1.82) is 0 Å². The van der Waals surface area contributed by atoms with Crippen LogP contribution in [0.1, 0.15) is 5.76 Å². The van der Waals surface area contributed by atoms with Crippen molar-refractivity contribution < 1.29 is 9.15 Å². The first kappa shape index (κ1) is 13.4. The summed E-state index contributed by atoms with van der Waals surface area (Å²) in [5, 5.41) is 0. The molecule has 0 saturated carbocycles. The predicted molar refractivity (Wildman–Crippen MR) is 83.1 cm³/mol. The van der Waals surface area contributed by atoms with E-state index in [0.29, 0.717) is 0 Å². The van der Waals surface area contributed by atoms with Crippen LogP contribution in [0.25, 0.3) is 0 Å². The van der Waals surface area contributed by atoms with E-state index in [1.807, 2.05) is 36.4 Å². The van der Waals surface area contributed by atoms with E-state index in [0.717, 1.165) is 48.1 Å². The Kier molecular flexibility index (Phi) is 4.18. The summed E-state index contributed by atoms with van der Waals surface area (Å²) in [7, 11) is 0. The molecule has 3 rings (SSSR count). The third-order valence-electron chi connectivity index (χ3n) is 3.08. The quantitative estimate of drug-likeness (QED) is 0.804. The lowest BCUT2D eigenvalue weighted by Crippen LogP contribution is -2.35. The Bertz CT molecular complexity index is 603. The average molecular weight is 335 g/mol. The Morgan fingerprint density at radius 3 is 2.80 bits per heavy atom. The van der Waals surface area contributed by atoms with Crippen molar-refractivity contribution in [3.8, 4) is 0 Å². The molecule has 1 saturated heterocycles. The van der Waals surface area contributed by atoms with Crippen molar-refractivity contribution in [2.45, 2.75) is 0 Å². The van der Waals surface area contributed by atoms with Crippen LogP contribution >= 0.6 is 15.9 Å². The molecule has 0 unspecified atom stereocenters. The largest absolute Gasteiger partial charge is 0.440 e. The SMILES string of the molecule is Brc1cccc(N=Cc2ccc(N3CCOCC3)o2)c1. The third-order valence-corrected chi connectivity index (χ3v) is 3.58. The zero-order valence-corrected chi connectivity index (χ0v) is 12.5. The second-order valence-corrected chi connectivity index (χ2v) is 5.43. The van der Waals surface area contributed by atoms with Gasteiger partial charge in [-0.1, -0.05) is 22.0 Å². The van der Waals surface area contributed by atoms with Gasteiger partial charge in [0.15, 0.2) is 5.88 Å². The molecule has 0 N–H and O–H groups in total. The van der Waals surface area contributed by atoms with Crippen molar-refractivity contribution in [3.05, 3.63) is 46.6 Å². The number of halogens is 1. The molecule has 1 aromatic heterocycles. The summed E-state index contributed by atoms with van der Waals surface area (Å²) in [5.74, 6) is 1.63. The molecule has 0 atom stereocenters. The highest BCUT2D eigenvalue weighted by atomic mass is 79.9. The Balaban J connectivity index is 1.70. The van der Waals surface area contributed by atoms with Gasteiger partial charge >= 0.3 is 0 Å². The van der Waals surface area contributed by atoms with E-state index in [2.05, 4.69) is 25.8 Å². The van der Waals surface area contributed by atoms with Crippen LogP contribution in [0, 0.1) is 0 Å². The molecular weight excluding hydrogens is 320 g/mol. The third kappa shape index (κ3) is 3.29. The monoisotopic (exact) mass is 334 g/mol. The van der Waals surface area contributed by atoms with Crippen molar-refractivity contribution in [2.24, 2.45) is 4.99 Å². The lowest BCUT2D eigenvalue weighted by Gasteiger charge is -2.26. The standard InChI is InChI=1S/C15H15BrN2O2/c16-12-2-1-3-13(10-12)17-11-14-4-5-15(20-14)18-6-8-19-9-7-18/h1-5,10-11H,6-9H2. The molecule has 1 aliphatic heterocycles. The maximum Gasteiger partial charge on any atom is 0.196 e. The average Bonchev–Trinajstić information content (AvgIpc) is 2.95. The Morgan fingerprint density at radius 1 is 1.15 bits per heavy atom. The van der Waals surface area contributed by atoms with Crippen molar-refractivity contribution in [3.63, 3.8) is 0 Å². The van der Waals surface area contributed by atoms with Crippen LogP contribution in [0.5, 0.6) is 0 Å². The van der Waals surface area contributed by atoms with E-state index < -0.39 is 0 Å². The van der Waals surface area contributed by atoms with Crippen LogP contribution in [0.2, 0.25) is 0 Å². The van der Waals surface area contributed by atoms with Gasteiger partial charge < -0.3 is 14.1 Å². The predicted octanol–water partition coefficient (Wildman–Crippen LogP) is 3.63. The number of hydrogen-bond donors (Lipinski definition) is 0. The van der Waals surface area contributed by atoms with Gasteiger partial charge in [0.1, 0.15) is 5.76 Å². The minimum Gasteiger partial charge on any atom is -0.440 e. The highest BCUT2D eigenvalue weighted by molar-refractivity contribution is 9.10. The number of morpholine rings is 1. The maximum absolute atomic E-state index is 5.78. The molecule has 0 spiro atoms. The molecule has 0 radical (unpaired) electrons. The molecule has 1 aliphatic rings. The number of furan rings is 1. The molecule has 2 heterocycles. The molecule has 1 fully saturated rings. The molecule has 104 valence electrons. The van der Waals surface area contributed by atoms with Crippen LogP contribution in [0.4, 0.5) is 11.6 Å². The maximum atomic E-state index is 5.78. The molecule has 5 heteroatoms. The van der Waals surface area contributed by atoms with Crippen LogP contribution in [0.15, 0.2) is 50.3 Å². The van der Waals surface area contributed by atoms with E-state index in [1.54, 1.807) is 6.21 Å². The van der Waals surface area contributed by atoms with Gasteiger partial charge in [-0.15, -0.1) is 0 Å². The first-order valence-corrected chi connectivity index (χ1v) is 7.33. The Hall–Kier alpha value is -1.59.